The number of nitrogens with one attached hydrogen (secondary N) is 1. The summed E-state index contributed by atoms with van der Waals surface area (Å²) in [4.78, 5) is 44.4. The Balaban J connectivity index is 0.000000245. The molecule has 0 radical (unpaired) electrons. The first kappa shape index (κ1) is 40.8. The van der Waals surface area contributed by atoms with E-state index in [0.29, 0.717) is 50.1 Å². The Kier molecular flexibility index (Phi) is 13.3. The first-order chi connectivity index (χ1) is 24.9. The van der Waals surface area contributed by atoms with Gasteiger partial charge >= 0.3 is 12.2 Å². The molecule has 3 aromatic rings. The molecule has 0 unspecified atom stereocenters. The zero-order valence-corrected chi connectivity index (χ0v) is 33.2. The molecular formula is C37H54ClN9O6. The van der Waals surface area contributed by atoms with Crippen molar-refractivity contribution in [1.82, 2.24) is 24.8 Å². The van der Waals surface area contributed by atoms with Crippen molar-refractivity contribution >= 4 is 52.5 Å². The van der Waals surface area contributed by atoms with E-state index in [1.165, 1.54) is 6.33 Å². The van der Waals surface area contributed by atoms with Crippen LogP contribution in [0.15, 0.2) is 42.7 Å². The number of hydrogen-bond acceptors (Lipinski definition) is 13. The lowest BCUT2D eigenvalue weighted by Crippen LogP contribution is -2.54. The van der Waals surface area contributed by atoms with Gasteiger partial charge in [0.15, 0.2) is 0 Å². The van der Waals surface area contributed by atoms with Gasteiger partial charge < -0.3 is 49.6 Å². The Morgan fingerprint density at radius 2 is 1.26 bits per heavy atom. The molecule has 1 aromatic heterocycles. The number of piperazine rings is 2. The van der Waals surface area contributed by atoms with Crippen molar-refractivity contribution in [2.24, 2.45) is 0 Å². The van der Waals surface area contributed by atoms with Gasteiger partial charge in [0, 0.05) is 74.9 Å². The summed E-state index contributed by atoms with van der Waals surface area (Å²) in [5, 5.41) is 3.21. The monoisotopic (exact) mass is 755 g/mol. The number of amides is 2. The smallest absolute Gasteiger partial charge is 0.410 e. The van der Waals surface area contributed by atoms with Crippen LogP contribution in [-0.4, -0.2) is 114 Å². The number of nitrogens with two attached hydrogens (primary N) is 1. The van der Waals surface area contributed by atoms with Crippen LogP contribution in [0.1, 0.15) is 55.4 Å². The van der Waals surface area contributed by atoms with Crippen LogP contribution < -0.4 is 30.3 Å². The molecule has 53 heavy (non-hydrogen) atoms. The molecule has 5 rings (SSSR count). The minimum Gasteiger partial charge on any atom is -0.495 e. The van der Waals surface area contributed by atoms with Crippen molar-refractivity contribution in [3.8, 4) is 11.5 Å². The standard InChI is InChI=1S/C20H27ClN6O3.C17H27N3O3/c1-13-11-26(19(28)30-20(2,3)4)8-9-27(13)15-7-6-14(10-16(15)29-5)24-18-23-12-22-17(21)25-18;1-12-11-19(16(21)23-17(2,3)4)8-9-20(12)14-7-6-13(18)10-15(14)22-5/h6-7,10,12-13H,8-9,11H2,1-5H3,(H,22,23,24,25);6-7,10,12H,8-9,11,18H2,1-5H3/t13-;12-/m00/s1. The summed E-state index contributed by atoms with van der Waals surface area (Å²) in [6.45, 7) is 19.2. The van der Waals surface area contributed by atoms with E-state index >= 15 is 0 Å². The molecular weight excluding hydrogens is 702 g/mol. The number of anilines is 5. The van der Waals surface area contributed by atoms with Crippen LogP contribution in [0, 0.1) is 0 Å². The Hall–Kier alpha value is -4.92. The molecule has 2 aliphatic rings. The van der Waals surface area contributed by atoms with Gasteiger partial charge in [-0.15, -0.1) is 0 Å². The molecule has 290 valence electrons. The molecule has 2 fully saturated rings. The molecule has 16 heteroatoms. The highest BCUT2D eigenvalue weighted by Gasteiger charge is 2.32. The average Bonchev–Trinajstić information content (AvgIpc) is 3.07. The van der Waals surface area contributed by atoms with Crippen LogP contribution in [0.3, 0.4) is 0 Å². The molecule has 15 nitrogen and oxygen atoms in total. The molecule has 2 aliphatic heterocycles. The zero-order valence-electron chi connectivity index (χ0n) is 32.5. The number of ether oxygens (including phenoxy) is 4. The van der Waals surface area contributed by atoms with Crippen molar-refractivity contribution < 1.29 is 28.5 Å². The molecule has 2 atom stereocenters. The number of nitrogens with zero attached hydrogens (tertiary/aromatic N) is 7. The van der Waals surface area contributed by atoms with Gasteiger partial charge in [-0.25, -0.2) is 19.6 Å². The predicted molar refractivity (Wildman–Crippen MR) is 208 cm³/mol. The van der Waals surface area contributed by atoms with Crippen LogP contribution in [0.4, 0.5) is 38.3 Å². The summed E-state index contributed by atoms with van der Waals surface area (Å²) in [5.41, 5.74) is 8.22. The summed E-state index contributed by atoms with van der Waals surface area (Å²) in [6.07, 6.45) is 0.805. The number of carbonyl (C=O) groups excluding carboxylic acids is 2. The molecule has 0 bridgehead atoms. The lowest BCUT2D eigenvalue weighted by Gasteiger charge is -2.41. The van der Waals surface area contributed by atoms with Gasteiger partial charge in [0.2, 0.25) is 11.2 Å². The van der Waals surface area contributed by atoms with Gasteiger partial charge in [0.1, 0.15) is 29.0 Å². The molecule has 0 spiro atoms. The maximum atomic E-state index is 12.4. The number of nitrogen functional groups attached to an aromatic ring is 1. The Morgan fingerprint density at radius 1 is 0.774 bits per heavy atom. The molecule has 3 N–H and O–H groups in total. The van der Waals surface area contributed by atoms with Crippen molar-refractivity contribution in [3.63, 3.8) is 0 Å². The van der Waals surface area contributed by atoms with Gasteiger partial charge in [0.05, 0.1) is 25.6 Å². The van der Waals surface area contributed by atoms with Crippen molar-refractivity contribution in [2.75, 3.05) is 74.3 Å². The summed E-state index contributed by atoms with van der Waals surface area (Å²) < 4.78 is 22.0. The number of hydrogen-bond donors (Lipinski definition) is 2. The maximum absolute atomic E-state index is 12.4. The fraction of sp³-hybridized carbons (Fsp3) is 0.541. The zero-order chi connectivity index (χ0) is 39.1. The molecule has 0 aliphatic carbocycles. The van der Waals surface area contributed by atoms with E-state index in [-0.39, 0.29) is 29.6 Å². The number of aromatic nitrogens is 3. The maximum Gasteiger partial charge on any atom is 0.410 e. The minimum absolute atomic E-state index is 0.0984. The molecule has 2 aromatic carbocycles. The Morgan fingerprint density at radius 3 is 1.72 bits per heavy atom. The second kappa shape index (κ2) is 17.3. The average molecular weight is 756 g/mol. The third-order valence-electron chi connectivity index (χ3n) is 8.36. The molecule has 0 saturated carbocycles. The third kappa shape index (κ3) is 11.5. The highest BCUT2D eigenvalue weighted by molar-refractivity contribution is 6.28. The van der Waals surface area contributed by atoms with E-state index in [1.54, 1.807) is 24.0 Å². The molecule has 2 saturated heterocycles. The first-order valence-electron chi connectivity index (χ1n) is 17.6. The fourth-order valence-corrected chi connectivity index (χ4v) is 6.13. The van der Waals surface area contributed by atoms with Crippen molar-refractivity contribution in [3.05, 3.63) is 48.0 Å². The first-order valence-corrected chi connectivity index (χ1v) is 18.0. The highest BCUT2D eigenvalue weighted by atomic mass is 35.5. The van der Waals surface area contributed by atoms with Gasteiger partial charge in [-0.1, -0.05) is 0 Å². The van der Waals surface area contributed by atoms with Crippen LogP contribution in [-0.2, 0) is 9.47 Å². The lowest BCUT2D eigenvalue weighted by molar-refractivity contribution is 0.0209. The van der Waals surface area contributed by atoms with Crippen LogP contribution in [0.25, 0.3) is 0 Å². The van der Waals surface area contributed by atoms with Crippen LogP contribution in [0.2, 0.25) is 5.28 Å². The molecule has 3 heterocycles. The van der Waals surface area contributed by atoms with Crippen LogP contribution >= 0.6 is 11.6 Å². The van der Waals surface area contributed by atoms with E-state index in [9.17, 15) is 9.59 Å². The number of methoxy groups -OCH3 is 2. The van der Waals surface area contributed by atoms with Gasteiger partial charge in [0.25, 0.3) is 0 Å². The second-order valence-electron chi connectivity index (χ2n) is 15.0. The number of rotatable bonds is 6. The summed E-state index contributed by atoms with van der Waals surface area (Å²) in [5.74, 6) is 1.81. The Labute approximate surface area is 317 Å². The SMILES string of the molecule is COc1cc(N)ccc1N1CCN(C(=O)OC(C)(C)C)C[C@@H]1C.COc1cc(Nc2ncnc(Cl)n2)ccc1N1CCN(C(=O)OC(C)(C)C)C[C@@H]1C. The number of halogens is 1. The normalized spacial score (nSPS) is 17.7. The summed E-state index contributed by atoms with van der Waals surface area (Å²) >= 11 is 5.81. The van der Waals surface area contributed by atoms with Gasteiger partial charge in [-0.3, -0.25) is 0 Å². The van der Waals surface area contributed by atoms with E-state index in [1.807, 2.05) is 77.9 Å². The van der Waals surface area contributed by atoms with E-state index in [4.69, 9.17) is 36.3 Å². The summed E-state index contributed by atoms with van der Waals surface area (Å²) in [6, 6.07) is 11.7. The van der Waals surface area contributed by atoms with Crippen LogP contribution in [0.5, 0.6) is 11.5 Å². The Bertz CT molecular complexity index is 1720. The summed E-state index contributed by atoms with van der Waals surface area (Å²) in [7, 11) is 3.27. The topological polar surface area (TPSA) is 161 Å². The second-order valence-corrected chi connectivity index (χ2v) is 15.3. The van der Waals surface area contributed by atoms with Crippen molar-refractivity contribution in [1.29, 1.82) is 0 Å². The predicted octanol–water partition coefficient (Wildman–Crippen LogP) is 6.45. The van der Waals surface area contributed by atoms with E-state index in [0.717, 1.165) is 29.4 Å². The van der Waals surface area contributed by atoms with Gasteiger partial charge in [-0.05, 0) is 91.3 Å². The van der Waals surface area contributed by atoms with Crippen molar-refractivity contribution in [2.45, 2.75) is 78.7 Å². The van der Waals surface area contributed by atoms with E-state index < -0.39 is 11.2 Å². The largest absolute Gasteiger partial charge is 0.495 e. The number of benzene rings is 2. The quantitative estimate of drug-likeness (QED) is 0.265. The van der Waals surface area contributed by atoms with E-state index in [2.05, 4.69) is 43.9 Å². The molecule has 2 amide bonds. The highest BCUT2D eigenvalue weighted by Crippen LogP contribution is 2.35. The number of carbonyl (C=O) groups is 2. The lowest BCUT2D eigenvalue weighted by atomic mass is 10.1. The van der Waals surface area contributed by atoms with Gasteiger partial charge in [-0.2, -0.15) is 4.98 Å². The third-order valence-corrected chi connectivity index (χ3v) is 8.54. The fourth-order valence-electron chi connectivity index (χ4n) is 6.01. The minimum atomic E-state index is -0.508.